The molecule has 0 aromatic heterocycles. The molecule has 1 atom stereocenters. The second kappa shape index (κ2) is 5.45. The largest absolute Gasteiger partial charge is 0.383 e. The lowest BCUT2D eigenvalue weighted by Gasteiger charge is -2.20. The molecular formula is C9H15N3O4. The van der Waals surface area contributed by atoms with Crippen LogP contribution in [0.4, 0.5) is 4.79 Å². The number of carbonyl (C=O) groups is 3. The molecule has 1 heterocycles. The van der Waals surface area contributed by atoms with Crippen LogP contribution in [0.25, 0.3) is 0 Å². The van der Waals surface area contributed by atoms with Crippen molar-refractivity contribution in [3.8, 4) is 0 Å². The van der Waals surface area contributed by atoms with Crippen molar-refractivity contribution in [2.75, 3.05) is 26.8 Å². The topological polar surface area (TPSA) is 87.7 Å². The van der Waals surface area contributed by atoms with Crippen LogP contribution in [0.15, 0.2) is 0 Å². The Balaban J connectivity index is 2.49. The first-order valence-electron chi connectivity index (χ1n) is 4.94. The molecule has 0 aromatic carbocycles. The molecule has 2 N–H and O–H groups in total. The van der Waals surface area contributed by atoms with Gasteiger partial charge in [0.15, 0.2) is 0 Å². The van der Waals surface area contributed by atoms with Gasteiger partial charge in [-0.05, 0) is 6.92 Å². The Morgan fingerprint density at radius 2 is 2.31 bits per heavy atom. The highest BCUT2D eigenvalue weighted by Crippen LogP contribution is 2.05. The monoisotopic (exact) mass is 229 g/mol. The standard InChI is InChI=1S/C9H15N3O4/c1-6(8(14)10-3-4-16-2)12-7(13)5-11-9(12)15/h6H,3-5H2,1-2H3,(H,10,14)(H,11,15). The van der Waals surface area contributed by atoms with E-state index in [4.69, 9.17) is 4.74 Å². The van der Waals surface area contributed by atoms with Crippen molar-refractivity contribution in [1.82, 2.24) is 15.5 Å². The van der Waals surface area contributed by atoms with E-state index >= 15 is 0 Å². The second-order valence-corrected chi connectivity index (χ2v) is 3.38. The normalized spacial score (nSPS) is 17.2. The minimum absolute atomic E-state index is 0.0471. The van der Waals surface area contributed by atoms with Gasteiger partial charge < -0.3 is 15.4 Å². The maximum atomic E-state index is 11.6. The van der Waals surface area contributed by atoms with E-state index in [1.165, 1.54) is 14.0 Å². The second-order valence-electron chi connectivity index (χ2n) is 3.38. The number of nitrogens with one attached hydrogen (secondary N) is 2. The fourth-order valence-corrected chi connectivity index (χ4v) is 1.37. The molecule has 0 saturated carbocycles. The van der Waals surface area contributed by atoms with Crippen LogP contribution in [0.5, 0.6) is 0 Å². The van der Waals surface area contributed by atoms with Crippen LogP contribution in [-0.4, -0.2) is 55.6 Å². The smallest absolute Gasteiger partial charge is 0.325 e. The molecule has 0 aromatic rings. The van der Waals surface area contributed by atoms with Crippen LogP contribution in [0.1, 0.15) is 6.92 Å². The van der Waals surface area contributed by atoms with Gasteiger partial charge in [-0.2, -0.15) is 0 Å². The molecule has 90 valence electrons. The third-order valence-corrected chi connectivity index (χ3v) is 2.25. The average molecular weight is 229 g/mol. The molecule has 1 saturated heterocycles. The van der Waals surface area contributed by atoms with Crippen LogP contribution in [0, 0.1) is 0 Å². The third kappa shape index (κ3) is 2.69. The predicted molar refractivity (Wildman–Crippen MR) is 54.6 cm³/mol. The summed E-state index contributed by atoms with van der Waals surface area (Å²) in [6.07, 6.45) is 0. The molecule has 0 radical (unpaired) electrons. The Bertz CT molecular complexity index is 289. The van der Waals surface area contributed by atoms with Crippen molar-refractivity contribution >= 4 is 17.8 Å². The molecule has 1 rings (SSSR count). The zero-order valence-electron chi connectivity index (χ0n) is 9.28. The summed E-state index contributed by atoms with van der Waals surface area (Å²) in [5, 5.41) is 4.92. The summed E-state index contributed by atoms with van der Waals surface area (Å²) in [4.78, 5) is 35.0. The Hall–Kier alpha value is -1.63. The SMILES string of the molecule is COCCNC(=O)C(C)N1C(=O)CNC1=O. The first-order chi connectivity index (χ1) is 7.57. The van der Waals surface area contributed by atoms with E-state index in [0.29, 0.717) is 13.2 Å². The number of rotatable bonds is 5. The van der Waals surface area contributed by atoms with Crippen molar-refractivity contribution in [3.63, 3.8) is 0 Å². The van der Waals surface area contributed by atoms with E-state index in [0.717, 1.165) is 4.90 Å². The molecule has 16 heavy (non-hydrogen) atoms. The maximum absolute atomic E-state index is 11.6. The fourth-order valence-electron chi connectivity index (χ4n) is 1.37. The van der Waals surface area contributed by atoms with Gasteiger partial charge in [-0.1, -0.05) is 0 Å². The van der Waals surface area contributed by atoms with Crippen LogP contribution < -0.4 is 10.6 Å². The minimum atomic E-state index is -0.799. The van der Waals surface area contributed by atoms with Crippen molar-refractivity contribution in [1.29, 1.82) is 0 Å². The zero-order valence-corrected chi connectivity index (χ0v) is 9.28. The Kier molecular flexibility index (Phi) is 4.24. The molecule has 1 aliphatic rings. The molecule has 4 amide bonds. The Labute approximate surface area is 93.1 Å². The van der Waals surface area contributed by atoms with Crippen molar-refractivity contribution in [2.24, 2.45) is 0 Å². The first-order valence-corrected chi connectivity index (χ1v) is 4.94. The highest BCUT2D eigenvalue weighted by molar-refractivity contribution is 6.05. The molecule has 1 unspecified atom stereocenters. The van der Waals surface area contributed by atoms with Gasteiger partial charge in [-0.15, -0.1) is 0 Å². The number of urea groups is 1. The number of carbonyl (C=O) groups excluding carboxylic acids is 3. The fraction of sp³-hybridized carbons (Fsp3) is 0.667. The van der Waals surface area contributed by atoms with Crippen molar-refractivity contribution < 1.29 is 19.1 Å². The minimum Gasteiger partial charge on any atom is -0.383 e. The van der Waals surface area contributed by atoms with Gasteiger partial charge in [-0.25, -0.2) is 4.79 Å². The van der Waals surface area contributed by atoms with E-state index in [9.17, 15) is 14.4 Å². The maximum Gasteiger partial charge on any atom is 0.325 e. The molecule has 0 bridgehead atoms. The molecule has 1 fully saturated rings. The first kappa shape index (κ1) is 12.4. The lowest BCUT2D eigenvalue weighted by atomic mass is 10.2. The van der Waals surface area contributed by atoms with Gasteiger partial charge in [0.2, 0.25) is 5.91 Å². The zero-order chi connectivity index (χ0) is 12.1. The Morgan fingerprint density at radius 3 is 2.81 bits per heavy atom. The summed E-state index contributed by atoms with van der Waals surface area (Å²) >= 11 is 0. The summed E-state index contributed by atoms with van der Waals surface area (Å²) in [5.41, 5.74) is 0. The van der Waals surface area contributed by atoms with Gasteiger partial charge in [0.1, 0.15) is 6.04 Å². The summed E-state index contributed by atoms with van der Waals surface area (Å²) in [5.74, 6) is -0.762. The van der Waals surface area contributed by atoms with Crippen LogP contribution in [0.3, 0.4) is 0 Å². The van der Waals surface area contributed by atoms with Crippen molar-refractivity contribution in [2.45, 2.75) is 13.0 Å². The molecule has 0 aliphatic carbocycles. The molecule has 7 nitrogen and oxygen atoms in total. The van der Waals surface area contributed by atoms with Gasteiger partial charge >= 0.3 is 6.03 Å². The number of amides is 4. The molecule has 1 aliphatic heterocycles. The van der Waals surface area contributed by atoms with E-state index in [1.54, 1.807) is 0 Å². The molecule has 0 spiro atoms. The predicted octanol–water partition coefficient (Wildman–Crippen LogP) is -1.31. The van der Waals surface area contributed by atoms with Gasteiger partial charge in [0.05, 0.1) is 13.2 Å². The number of hydrogen-bond acceptors (Lipinski definition) is 4. The average Bonchev–Trinajstić information content (AvgIpc) is 2.58. The third-order valence-electron chi connectivity index (χ3n) is 2.25. The van der Waals surface area contributed by atoms with Crippen LogP contribution in [-0.2, 0) is 14.3 Å². The number of imide groups is 1. The summed E-state index contributed by atoms with van der Waals surface area (Å²) < 4.78 is 4.77. The number of ether oxygens (including phenoxy) is 1. The van der Waals surface area contributed by atoms with Gasteiger partial charge in [0, 0.05) is 13.7 Å². The summed E-state index contributed by atoms with van der Waals surface area (Å²) in [6.45, 7) is 2.20. The lowest BCUT2D eigenvalue weighted by Crippen LogP contribution is -2.48. The van der Waals surface area contributed by atoms with E-state index in [1.807, 2.05) is 0 Å². The number of hydrogen-bond donors (Lipinski definition) is 2. The quantitative estimate of drug-likeness (QED) is 0.452. The van der Waals surface area contributed by atoms with Gasteiger partial charge in [-0.3, -0.25) is 14.5 Å². The highest BCUT2D eigenvalue weighted by atomic mass is 16.5. The summed E-state index contributed by atoms with van der Waals surface area (Å²) in [6, 6.07) is -1.33. The highest BCUT2D eigenvalue weighted by Gasteiger charge is 2.35. The van der Waals surface area contributed by atoms with Gasteiger partial charge in [0.25, 0.3) is 5.91 Å². The van der Waals surface area contributed by atoms with Crippen LogP contribution >= 0.6 is 0 Å². The Morgan fingerprint density at radius 1 is 1.62 bits per heavy atom. The molecule has 7 heteroatoms. The van der Waals surface area contributed by atoms with E-state index in [2.05, 4.69) is 10.6 Å². The summed E-state index contributed by atoms with van der Waals surface area (Å²) in [7, 11) is 1.52. The van der Waals surface area contributed by atoms with E-state index < -0.39 is 12.1 Å². The number of methoxy groups -OCH3 is 1. The van der Waals surface area contributed by atoms with E-state index in [-0.39, 0.29) is 18.4 Å². The molecular weight excluding hydrogens is 214 g/mol. The van der Waals surface area contributed by atoms with Crippen LogP contribution in [0.2, 0.25) is 0 Å². The van der Waals surface area contributed by atoms with Crippen molar-refractivity contribution in [3.05, 3.63) is 0 Å². The number of nitrogens with zero attached hydrogens (tertiary/aromatic N) is 1. The lowest BCUT2D eigenvalue weighted by molar-refractivity contribution is -0.134.